The molecule has 6 heteroatoms. The van der Waals surface area contributed by atoms with Crippen molar-refractivity contribution in [1.29, 1.82) is 0 Å². The second-order valence-corrected chi connectivity index (χ2v) is 7.14. The SMILES string of the molecule is O=C(/C=C/c1cc(Cl)cc2c1OCOC2)c1cc(F)ccc1OCc1ccccc1. The molecule has 152 valence electrons. The second-order valence-electron chi connectivity index (χ2n) is 6.71. The summed E-state index contributed by atoms with van der Waals surface area (Å²) in [4.78, 5) is 12.8. The lowest BCUT2D eigenvalue weighted by Gasteiger charge is -2.19. The molecule has 0 saturated carbocycles. The Morgan fingerprint density at radius 1 is 1.13 bits per heavy atom. The van der Waals surface area contributed by atoms with Crippen LogP contribution >= 0.6 is 11.6 Å². The van der Waals surface area contributed by atoms with Gasteiger partial charge in [-0.2, -0.15) is 0 Å². The Morgan fingerprint density at radius 3 is 2.80 bits per heavy atom. The van der Waals surface area contributed by atoms with Crippen molar-refractivity contribution in [3.05, 3.63) is 99.8 Å². The number of allylic oxidation sites excluding steroid dienone is 1. The number of halogens is 2. The van der Waals surface area contributed by atoms with E-state index in [0.717, 1.165) is 11.1 Å². The molecule has 0 spiro atoms. The molecule has 0 fully saturated rings. The van der Waals surface area contributed by atoms with Crippen LogP contribution in [0.25, 0.3) is 6.08 Å². The van der Waals surface area contributed by atoms with Crippen molar-refractivity contribution >= 4 is 23.5 Å². The van der Waals surface area contributed by atoms with Gasteiger partial charge in [0.1, 0.15) is 23.9 Å². The van der Waals surface area contributed by atoms with Crippen molar-refractivity contribution in [2.45, 2.75) is 13.2 Å². The highest BCUT2D eigenvalue weighted by atomic mass is 35.5. The van der Waals surface area contributed by atoms with Gasteiger partial charge in [-0.15, -0.1) is 0 Å². The minimum absolute atomic E-state index is 0.130. The van der Waals surface area contributed by atoms with Gasteiger partial charge in [0.05, 0.1) is 12.2 Å². The molecule has 4 rings (SSSR count). The zero-order valence-electron chi connectivity index (χ0n) is 15.9. The largest absolute Gasteiger partial charge is 0.488 e. The summed E-state index contributed by atoms with van der Waals surface area (Å²) in [6.07, 6.45) is 2.96. The summed E-state index contributed by atoms with van der Waals surface area (Å²) in [5.74, 6) is 0.0277. The normalized spacial score (nSPS) is 13.0. The molecule has 1 aliphatic rings. The molecule has 0 amide bonds. The molecule has 3 aromatic carbocycles. The molecule has 3 aromatic rings. The molecule has 0 saturated heterocycles. The number of carbonyl (C=O) groups is 1. The zero-order chi connectivity index (χ0) is 20.9. The number of carbonyl (C=O) groups excluding carboxylic acids is 1. The van der Waals surface area contributed by atoms with Gasteiger partial charge in [0.2, 0.25) is 0 Å². The number of ketones is 1. The molecule has 0 bridgehead atoms. The van der Waals surface area contributed by atoms with Crippen LogP contribution in [-0.2, 0) is 18.0 Å². The molecule has 0 aliphatic carbocycles. The van der Waals surface area contributed by atoms with Gasteiger partial charge in [-0.1, -0.05) is 41.9 Å². The third-order valence-electron chi connectivity index (χ3n) is 4.56. The Morgan fingerprint density at radius 2 is 1.97 bits per heavy atom. The molecule has 4 nitrogen and oxygen atoms in total. The molecule has 1 aliphatic heterocycles. The monoisotopic (exact) mass is 424 g/mol. The van der Waals surface area contributed by atoms with E-state index in [9.17, 15) is 9.18 Å². The van der Waals surface area contributed by atoms with E-state index in [0.29, 0.717) is 28.7 Å². The molecular weight excluding hydrogens is 407 g/mol. The summed E-state index contributed by atoms with van der Waals surface area (Å²) in [5.41, 5.74) is 2.54. The van der Waals surface area contributed by atoms with Crippen molar-refractivity contribution in [2.24, 2.45) is 0 Å². The molecule has 0 atom stereocenters. The average molecular weight is 425 g/mol. The minimum atomic E-state index is -0.514. The minimum Gasteiger partial charge on any atom is -0.488 e. The molecule has 0 radical (unpaired) electrons. The topological polar surface area (TPSA) is 44.8 Å². The lowest BCUT2D eigenvalue weighted by molar-refractivity contribution is -0.0165. The predicted octanol–water partition coefficient (Wildman–Crippen LogP) is 5.82. The standard InChI is InChI=1S/C24H18ClFO4/c25-19-10-17(24-18(11-19)14-28-15-30-24)6-8-22(27)21-12-20(26)7-9-23(21)29-13-16-4-2-1-3-5-16/h1-12H,13-15H2/b8-6+. The Labute approximate surface area is 178 Å². The Bertz CT molecular complexity index is 1100. The van der Waals surface area contributed by atoms with Crippen LogP contribution in [0.15, 0.2) is 66.7 Å². The van der Waals surface area contributed by atoms with Crippen LogP contribution < -0.4 is 9.47 Å². The lowest BCUT2D eigenvalue weighted by atomic mass is 10.0. The molecule has 30 heavy (non-hydrogen) atoms. The third-order valence-corrected chi connectivity index (χ3v) is 4.78. The van der Waals surface area contributed by atoms with Crippen LogP contribution in [0.3, 0.4) is 0 Å². The second kappa shape index (κ2) is 9.11. The number of fused-ring (bicyclic) bond motifs is 1. The van der Waals surface area contributed by atoms with E-state index in [-0.39, 0.29) is 19.0 Å². The summed E-state index contributed by atoms with van der Waals surface area (Å²) in [6.45, 7) is 0.781. The number of rotatable bonds is 6. The van der Waals surface area contributed by atoms with E-state index in [1.807, 2.05) is 30.3 Å². The summed E-state index contributed by atoms with van der Waals surface area (Å²) in [6, 6.07) is 16.9. The number of ether oxygens (including phenoxy) is 3. The van der Waals surface area contributed by atoms with E-state index in [2.05, 4.69) is 0 Å². The number of hydrogen-bond donors (Lipinski definition) is 0. The van der Waals surface area contributed by atoms with Crippen molar-refractivity contribution in [2.75, 3.05) is 6.79 Å². The number of hydrogen-bond acceptors (Lipinski definition) is 4. The summed E-state index contributed by atoms with van der Waals surface area (Å²) in [7, 11) is 0. The van der Waals surface area contributed by atoms with E-state index >= 15 is 0 Å². The molecule has 0 aromatic heterocycles. The van der Waals surface area contributed by atoms with Gasteiger partial charge in [0, 0.05) is 16.1 Å². The highest BCUT2D eigenvalue weighted by Gasteiger charge is 2.16. The Balaban J connectivity index is 1.58. The first-order valence-corrected chi connectivity index (χ1v) is 9.69. The molecule has 0 N–H and O–H groups in total. The summed E-state index contributed by atoms with van der Waals surface area (Å²) >= 11 is 6.16. The van der Waals surface area contributed by atoms with Crippen molar-refractivity contribution in [3.8, 4) is 11.5 Å². The first kappa shape index (κ1) is 20.1. The van der Waals surface area contributed by atoms with Crippen LogP contribution in [0.2, 0.25) is 5.02 Å². The molecular formula is C24H18ClFO4. The van der Waals surface area contributed by atoms with Crippen molar-refractivity contribution in [3.63, 3.8) is 0 Å². The predicted molar refractivity (Wildman–Crippen MR) is 112 cm³/mol. The van der Waals surface area contributed by atoms with Gasteiger partial charge in [-0.25, -0.2) is 4.39 Å². The van der Waals surface area contributed by atoms with Crippen molar-refractivity contribution in [1.82, 2.24) is 0 Å². The average Bonchev–Trinajstić information content (AvgIpc) is 2.77. The maximum atomic E-state index is 13.8. The Hall–Kier alpha value is -3.15. The fourth-order valence-corrected chi connectivity index (χ4v) is 3.39. The van der Waals surface area contributed by atoms with E-state index in [4.69, 9.17) is 25.8 Å². The van der Waals surface area contributed by atoms with E-state index in [1.54, 1.807) is 18.2 Å². The van der Waals surface area contributed by atoms with Crippen LogP contribution in [0.5, 0.6) is 11.5 Å². The molecule has 1 heterocycles. The quantitative estimate of drug-likeness (QED) is 0.369. The zero-order valence-corrected chi connectivity index (χ0v) is 16.7. The number of benzene rings is 3. The van der Waals surface area contributed by atoms with Gasteiger partial charge in [-0.3, -0.25) is 4.79 Å². The first-order valence-electron chi connectivity index (χ1n) is 9.32. The lowest BCUT2D eigenvalue weighted by Crippen LogP contribution is -2.12. The summed E-state index contributed by atoms with van der Waals surface area (Å²) < 4.78 is 30.4. The fraction of sp³-hybridized carbons (Fsp3) is 0.125. The van der Waals surface area contributed by atoms with Crippen molar-refractivity contribution < 1.29 is 23.4 Å². The first-order chi connectivity index (χ1) is 14.6. The van der Waals surface area contributed by atoms with E-state index in [1.165, 1.54) is 24.3 Å². The van der Waals surface area contributed by atoms with E-state index < -0.39 is 11.6 Å². The van der Waals surface area contributed by atoms with Crippen LogP contribution in [0, 0.1) is 5.82 Å². The van der Waals surface area contributed by atoms with Crippen LogP contribution in [0.1, 0.15) is 27.0 Å². The highest BCUT2D eigenvalue weighted by Crippen LogP contribution is 2.32. The van der Waals surface area contributed by atoms with Gasteiger partial charge < -0.3 is 14.2 Å². The van der Waals surface area contributed by atoms with Gasteiger partial charge in [0.15, 0.2) is 12.6 Å². The van der Waals surface area contributed by atoms with Crippen LogP contribution in [0.4, 0.5) is 4.39 Å². The Kier molecular flexibility index (Phi) is 6.12. The smallest absolute Gasteiger partial charge is 0.189 e. The highest BCUT2D eigenvalue weighted by molar-refractivity contribution is 6.30. The summed E-state index contributed by atoms with van der Waals surface area (Å²) in [5, 5.41) is 0.507. The maximum Gasteiger partial charge on any atom is 0.189 e. The maximum absolute atomic E-state index is 13.8. The van der Waals surface area contributed by atoms with Gasteiger partial charge >= 0.3 is 0 Å². The van der Waals surface area contributed by atoms with Crippen LogP contribution in [-0.4, -0.2) is 12.6 Å². The van der Waals surface area contributed by atoms with Gasteiger partial charge in [0.25, 0.3) is 0 Å². The van der Waals surface area contributed by atoms with Gasteiger partial charge in [-0.05, 0) is 48.0 Å². The molecule has 0 unspecified atom stereocenters. The third kappa shape index (κ3) is 4.70. The fourth-order valence-electron chi connectivity index (χ4n) is 3.14.